The van der Waals surface area contributed by atoms with Gasteiger partial charge in [-0.05, 0) is 31.1 Å². The highest BCUT2D eigenvalue weighted by Crippen LogP contribution is 2.20. The maximum atomic E-state index is 12.5. The van der Waals surface area contributed by atoms with E-state index in [9.17, 15) is 4.79 Å². The van der Waals surface area contributed by atoms with Gasteiger partial charge in [-0.2, -0.15) is 0 Å². The Kier molecular flexibility index (Phi) is 6.51. The molecule has 0 saturated carbocycles. The molecule has 0 saturated heterocycles. The van der Waals surface area contributed by atoms with E-state index in [-0.39, 0.29) is 11.3 Å². The van der Waals surface area contributed by atoms with Crippen LogP contribution in [0.3, 0.4) is 0 Å². The summed E-state index contributed by atoms with van der Waals surface area (Å²) in [6.07, 6.45) is 12.6. The summed E-state index contributed by atoms with van der Waals surface area (Å²) in [5.74, 6) is 1.41. The second-order valence-electron chi connectivity index (χ2n) is 7.33. The van der Waals surface area contributed by atoms with Crippen LogP contribution in [-0.4, -0.2) is 23.9 Å². The van der Waals surface area contributed by atoms with Crippen molar-refractivity contribution in [1.82, 2.24) is 4.90 Å². The van der Waals surface area contributed by atoms with Crippen LogP contribution in [0.2, 0.25) is 0 Å². The lowest BCUT2D eigenvalue weighted by Crippen LogP contribution is -2.41. The molecule has 0 spiro atoms. The zero-order valence-corrected chi connectivity index (χ0v) is 13.9. The van der Waals surface area contributed by atoms with Crippen molar-refractivity contribution in [3.05, 3.63) is 24.3 Å². The molecule has 2 heteroatoms. The third-order valence-electron chi connectivity index (χ3n) is 3.56. The summed E-state index contributed by atoms with van der Waals surface area (Å²) in [6.45, 7) is 11.9. The van der Waals surface area contributed by atoms with Crippen molar-refractivity contribution in [3.63, 3.8) is 0 Å². The van der Waals surface area contributed by atoms with Gasteiger partial charge < -0.3 is 4.90 Å². The standard InChI is InChI=1S/C18H31NO/c1-15(2)14-19(17(20)18(3,4)5)13-9-12-16-10-7-6-8-11-16/h6-7,9,12,15-16H,8,10-11,13-14H2,1-5H3. The third-order valence-corrected chi connectivity index (χ3v) is 3.56. The molecule has 1 atom stereocenters. The molecular weight excluding hydrogens is 246 g/mol. The highest BCUT2D eigenvalue weighted by Gasteiger charge is 2.26. The first kappa shape index (κ1) is 17.0. The van der Waals surface area contributed by atoms with E-state index in [4.69, 9.17) is 0 Å². The Morgan fingerprint density at radius 3 is 2.55 bits per heavy atom. The summed E-state index contributed by atoms with van der Waals surface area (Å²) in [5, 5.41) is 0. The summed E-state index contributed by atoms with van der Waals surface area (Å²) in [6, 6.07) is 0. The fourth-order valence-corrected chi connectivity index (χ4v) is 2.53. The van der Waals surface area contributed by atoms with Crippen LogP contribution in [0.15, 0.2) is 24.3 Å². The predicted molar refractivity (Wildman–Crippen MR) is 86.5 cm³/mol. The minimum absolute atomic E-state index is 0.249. The van der Waals surface area contributed by atoms with E-state index in [0.717, 1.165) is 19.5 Å². The van der Waals surface area contributed by atoms with Crippen LogP contribution < -0.4 is 0 Å². The van der Waals surface area contributed by atoms with E-state index >= 15 is 0 Å². The molecule has 1 aliphatic carbocycles. The molecule has 0 heterocycles. The zero-order valence-electron chi connectivity index (χ0n) is 13.9. The molecule has 1 aliphatic rings. The Labute approximate surface area is 124 Å². The van der Waals surface area contributed by atoms with E-state index < -0.39 is 0 Å². The van der Waals surface area contributed by atoms with Crippen molar-refractivity contribution >= 4 is 5.91 Å². The number of allylic oxidation sites excluding steroid dienone is 3. The Morgan fingerprint density at radius 2 is 2.05 bits per heavy atom. The van der Waals surface area contributed by atoms with Crippen molar-refractivity contribution in [3.8, 4) is 0 Å². The predicted octanol–water partition coefficient (Wildman–Crippen LogP) is 4.43. The third kappa shape index (κ3) is 5.94. The quantitative estimate of drug-likeness (QED) is 0.681. The van der Waals surface area contributed by atoms with Crippen molar-refractivity contribution in [2.24, 2.45) is 17.3 Å². The first-order valence-corrected chi connectivity index (χ1v) is 7.91. The van der Waals surface area contributed by atoms with Gasteiger partial charge in [0.1, 0.15) is 0 Å². The molecule has 0 aromatic rings. The minimum atomic E-state index is -0.295. The van der Waals surface area contributed by atoms with Crippen LogP contribution in [0.5, 0.6) is 0 Å². The Morgan fingerprint density at radius 1 is 1.35 bits per heavy atom. The van der Waals surface area contributed by atoms with Crippen LogP contribution in [0.25, 0.3) is 0 Å². The van der Waals surface area contributed by atoms with E-state index in [0.29, 0.717) is 11.8 Å². The molecule has 0 bridgehead atoms. The van der Waals surface area contributed by atoms with Gasteiger partial charge in [-0.15, -0.1) is 0 Å². The highest BCUT2D eigenvalue weighted by molar-refractivity contribution is 5.81. The first-order chi connectivity index (χ1) is 9.30. The molecular formula is C18H31NO. The van der Waals surface area contributed by atoms with Gasteiger partial charge in [0, 0.05) is 18.5 Å². The zero-order chi connectivity index (χ0) is 15.2. The molecule has 1 rings (SSSR count). The van der Waals surface area contributed by atoms with Gasteiger partial charge in [-0.3, -0.25) is 4.79 Å². The maximum Gasteiger partial charge on any atom is 0.228 e. The van der Waals surface area contributed by atoms with Gasteiger partial charge in [-0.25, -0.2) is 0 Å². The number of rotatable bonds is 5. The molecule has 0 N–H and O–H groups in total. The topological polar surface area (TPSA) is 20.3 Å². The molecule has 114 valence electrons. The lowest BCUT2D eigenvalue weighted by molar-refractivity contribution is -0.139. The molecule has 2 nitrogen and oxygen atoms in total. The minimum Gasteiger partial charge on any atom is -0.338 e. The van der Waals surface area contributed by atoms with E-state index in [1.54, 1.807) is 0 Å². The fraction of sp³-hybridized carbons (Fsp3) is 0.722. The fourth-order valence-electron chi connectivity index (χ4n) is 2.53. The van der Waals surface area contributed by atoms with Crippen LogP contribution in [0, 0.1) is 17.3 Å². The van der Waals surface area contributed by atoms with E-state index in [2.05, 4.69) is 38.2 Å². The molecule has 1 unspecified atom stereocenters. The lowest BCUT2D eigenvalue weighted by atomic mass is 9.93. The average molecular weight is 277 g/mol. The Bertz CT molecular complexity index is 360. The summed E-state index contributed by atoms with van der Waals surface area (Å²) in [7, 11) is 0. The summed E-state index contributed by atoms with van der Waals surface area (Å²) in [4.78, 5) is 14.5. The van der Waals surface area contributed by atoms with Crippen molar-refractivity contribution in [1.29, 1.82) is 0 Å². The summed E-state index contributed by atoms with van der Waals surface area (Å²) in [5.41, 5.74) is -0.295. The number of hydrogen-bond acceptors (Lipinski definition) is 1. The number of carbonyl (C=O) groups excluding carboxylic acids is 1. The highest BCUT2D eigenvalue weighted by atomic mass is 16.2. The average Bonchev–Trinajstić information content (AvgIpc) is 2.36. The second kappa shape index (κ2) is 7.66. The van der Waals surface area contributed by atoms with E-state index in [1.807, 2.05) is 25.7 Å². The monoisotopic (exact) mass is 277 g/mol. The van der Waals surface area contributed by atoms with Crippen LogP contribution >= 0.6 is 0 Å². The van der Waals surface area contributed by atoms with Gasteiger partial charge in [0.25, 0.3) is 0 Å². The van der Waals surface area contributed by atoms with Crippen molar-refractivity contribution in [2.75, 3.05) is 13.1 Å². The molecule has 0 aliphatic heterocycles. The van der Waals surface area contributed by atoms with Crippen molar-refractivity contribution in [2.45, 2.75) is 53.9 Å². The second-order valence-corrected chi connectivity index (χ2v) is 7.33. The molecule has 1 amide bonds. The van der Waals surface area contributed by atoms with Gasteiger partial charge in [0.05, 0.1) is 0 Å². The smallest absolute Gasteiger partial charge is 0.228 e. The van der Waals surface area contributed by atoms with Crippen LogP contribution in [-0.2, 0) is 4.79 Å². The normalized spacial score (nSPS) is 19.8. The summed E-state index contributed by atoms with van der Waals surface area (Å²) >= 11 is 0. The van der Waals surface area contributed by atoms with Gasteiger partial charge in [0.2, 0.25) is 5.91 Å². The lowest BCUT2D eigenvalue weighted by Gasteiger charge is -2.30. The molecule has 20 heavy (non-hydrogen) atoms. The number of amides is 1. The SMILES string of the molecule is CC(C)CN(CC=CC1CC=CCC1)C(=O)C(C)(C)C. The first-order valence-electron chi connectivity index (χ1n) is 7.91. The molecule has 0 aromatic heterocycles. The number of carbonyl (C=O) groups is 1. The van der Waals surface area contributed by atoms with Crippen LogP contribution in [0.4, 0.5) is 0 Å². The summed E-state index contributed by atoms with van der Waals surface area (Å²) < 4.78 is 0. The van der Waals surface area contributed by atoms with Crippen LogP contribution in [0.1, 0.15) is 53.9 Å². The Hall–Kier alpha value is -1.05. The number of hydrogen-bond donors (Lipinski definition) is 0. The van der Waals surface area contributed by atoms with Crippen molar-refractivity contribution < 1.29 is 4.79 Å². The Balaban J connectivity index is 2.58. The molecule has 0 fully saturated rings. The molecule has 0 radical (unpaired) electrons. The van der Waals surface area contributed by atoms with Gasteiger partial charge in [0.15, 0.2) is 0 Å². The van der Waals surface area contributed by atoms with Gasteiger partial charge in [-0.1, -0.05) is 58.9 Å². The largest absolute Gasteiger partial charge is 0.338 e. The maximum absolute atomic E-state index is 12.5. The molecule has 0 aromatic carbocycles. The number of nitrogens with zero attached hydrogens (tertiary/aromatic N) is 1. The van der Waals surface area contributed by atoms with E-state index in [1.165, 1.54) is 12.8 Å². The van der Waals surface area contributed by atoms with Gasteiger partial charge >= 0.3 is 0 Å².